The van der Waals surface area contributed by atoms with Gasteiger partial charge in [0.1, 0.15) is 0 Å². The summed E-state index contributed by atoms with van der Waals surface area (Å²) in [4.78, 5) is 11.6. The van der Waals surface area contributed by atoms with Crippen LogP contribution in [0.15, 0.2) is 0 Å². The zero-order valence-electron chi connectivity index (χ0n) is 8.88. The third-order valence-electron chi connectivity index (χ3n) is 2.87. The summed E-state index contributed by atoms with van der Waals surface area (Å²) in [5.41, 5.74) is -1.27. The lowest BCUT2D eigenvalue weighted by molar-refractivity contribution is -0.174. The van der Waals surface area contributed by atoms with Gasteiger partial charge in [0.25, 0.3) is 0 Å². The molecule has 2 unspecified atom stereocenters. The van der Waals surface area contributed by atoms with Crippen molar-refractivity contribution in [3.8, 4) is 0 Å². The molecule has 0 aromatic heterocycles. The Bertz CT molecular complexity index is 208. The summed E-state index contributed by atoms with van der Waals surface area (Å²) in [6.07, 6.45) is 1.23. The molecule has 0 aliphatic carbocycles. The number of carbonyl (C=O) groups is 1. The number of piperidine rings is 1. The van der Waals surface area contributed by atoms with Gasteiger partial charge in [0, 0.05) is 12.5 Å². The predicted octanol–water partition coefficient (Wildman–Crippen LogP) is 0.300. The number of ether oxygens (including phenoxy) is 1. The molecule has 1 rings (SSSR count). The van der Waals surface area contributed by atoms with E-state index in [1.807, 2.05) is 6.92 Å². The summed E-state index contributed by atoms with van der Waals surface area (Å²) >= 11 is 0. The molecule has 0 amide bonds. The van der Waals surface area contributed by atoms with Crippen molar-refractivity contribution in [3.05, 3.63) is 0 Å². The lowest BCUT2D eigenvalue weighted by atomic mass is 9.80. The summed E-state index contributed by atoms with van der Waals surface area (Å²) in [7, 11) is 0. The first-order valence-electron chi connectivity index (χ1n) is 5.25. The largest absolute Gasteiger partial charge is 0.464 e. The maximum Gasteiger partial charge on any atom is 0.338 e. The highest BCUT2D eigenvalue weighted by molar-refractivity contribution is 5.79. The van der Waals surface area contributed by atoms with Crippen molar-refractivity contribution in [1.29, 1.82) is 0 Å². The molecular weight excluding hydrogens is 182 g/mol. The van der Waals surface area contributed by atoms with Crippen LogP contribution in [0.1, 0.15) is 26.7 Å². The van der Waals surface area contributed by atoms with Gasteiger partial charge in [0.2, 0.25) is 0 Å². The molecule has 4 nitrogen and oxygen atoms in total. The smallest absolute Gasteiger partial charge is 0.338 e. The highest BCUT2D eigenvalue weighted by Gasteiger charge is 2.45. The van der Waals surface area contributed by atoms with Crippen molar-refractivity contribution >= 4 is 5.97 Å². The topological polar surface area (TPSA) is 58.6 Å². The van der Waals surface area contributed by atoms with E-state index < -0.39 is 11.6 Å². The summed E-state index contributed by atoms with van der Waals surface area (Å²) in [6.45, 7) is 5.41. The Morgan fingerprint density at radius 3 is 2.93 bits per heavy atom. The Kier molecular flexibility index (Phi) is 3.89. The maximum absolute atomic E-state index is 11.6. The first kappa shape index (κ1) is 11.5. The fraction of sp³-hybridized carbons (Fsp3) is 0.900. The van der Waals surface area contributed by atoms with Crippen molar-refractivity contribution in [2.75, 3.05) is 19.7 Å². The lowest BCUT2D eigenvalue weighted by Gasteiger charge is -2.37. The Labute approximate surface area is 84.6 Å². The molecule has 0 bridgehead atoms. The van der Waals surface area contributed by atoms with Gasteiger partial charge in [-0.25, -0.2) is 4.79 Å². The van der Waals surface area contributed by atoms with E-state index in [4.69, 9.17) is 4.74 Å². The average Bonchev–Trinajstić information content (AvgIpc) is 2.19. The van der Waals surface area contributed by atoms with E-state index in [9.17, 15) is 9.90 Å². The van der Waals surface area contributed by atoms with Gasteiger partial charge in [-0.05, 0) is 26.3 Å². The molecule has 82 valence electrons. The van der Waals surface area contributed by atoms with Crippen LogP contribution < -0.4 is 5.32 Å². The Hall–Kier alpha value is -0.610. The Balaban J connectivity index is 2.71. The van der Waals surface area contributed by atoms with E-state index in [2.05, 4.69) is 5.32 Å². The van der Waals surface area contributed by atoms with Crippen LogP contribution in [0.4, 0.5) is 0 Å². The van der Waals surface area contributed by atoms with Gasteiger partial charge >= 0.3 is 5.97 Å². The SMILES string of the molecule is CCOC(=O)C1(O)CCNCC1CC. The number of hydrogen-bond acceptors (Lipinski definition) is 4. The number of nitrogens with one attached hydrogen (secondary N) is 1. The Morgan fingerprint density at radius 2 is 2.36 bits per heavy atom. The summed E-state index contributed by atoms with van der Waals surface area (Å²) < 4.78 is 4.90. The summed E-state index contributed by atoms with van der Waals surface area (Å²) in [5, 5.41) is 13.4. The van der Waals surface area contributed by atoms with Crippen LogP contribution in [0.5, 0.6) is 0 Å². The highest BCUT2D eigenvalue weighted by Crippen LogP contribution is 2.28. The first-order valence-corrected chi connectivity index (χ1v) is 5.25. The average molecular weight is 201 g/mol. The third-order valence-corrected chi connectivity index (χ3v) is 2.87. The van der Waals surface area contributed by atoms with Gasteiger partial charge in [-0.2, -0.15) is 0 Å². The van der Waals surface area contributed by atoms with Crippen molar-refractivity contribution in [2.24, 2.45) is 5.92 Å². The van der Waals surface area contributed by atoms with Crippen LogP contribution in [0.2, 0.25) is 0 Å². The van der Waals surface area contributed by atoms with Crippen LogP contribution in [0.25, 0.3) is 0 Å². The second kappa shape index (κ2) is 4.75. The van der Waals surface area contributed by atoms with Crippen LogP contribution in [-0.2, 0) is 9.53 Å². The summed E-state index contributed by atoms with van der Waals surface area (Å²) in [5.74, 6) is -0.497. The van der Waals surface area contributed by atoms with E-state index in [1.54, 1.807) is 6.92 Å². The monoisotopic (exact) mass is 201 g/mol. The molecule has 1 fully saturated rings. The molecule has 0 aromatic rings. The molecule has 0 radical (unpaired) electrons. The second-order valence-corrected chi connectivity index (χ2v) is 3.70. The fourth-order valence-corrected chi connectivity index (χ4v) is 1.94. The number of esters is 1. The standard InChI is InChI=1S/C10H19NO3/c1-3-8-7-11-6-5-10(8,13)9(12)14-4-2/h8,11,13H,3-7H2,1-2H3. The van der Waals surface area contributed by atoms with E-state index in [1.165, 1.54) is 0 Å². The minimum Gasteiger partial charge on any atom is -0.464 e. The highest BCUT2D eigenvalue weighted by atomic mass is 16.5. The third kappa shape index (κ3) is 2.07. The quantitative estimate of drug-likeness (QED) is 0.645. The fourth-order valence-electron chi connectivity index (χ4n) is 1.94. The Morgan fingerprint density at radius 1 is 1.64 bits per heavy atom. The molecule has 0 saturated carbocycles. The first-order chi connectivity index (χ1) is 6.65. The molecular formula is C10H19NO3. The van der Waals surface area contributed by atoms with Gasteiger partial charge in [-0.15, -0.1) is 0 Å². The van der Waals surface area contributed by atoms with Crippen LogP contribution in [-0.4, -0.2) is 36.4 Å². The number of hydrogen-bond donors (Lipinski definition) is 2. The van der Waals surface area contributed by atoms with Gasteiger partial charge in [-0.3, -0.25) is 0 Å². The molecule has 1 aliphatic heterocycles. The van der Waals surface area contributed by atoms with Crippen LogP contribution in [0.3, 0.4) is 0 Å². The van der Waals surface area contributed by atoms with Gasteiger partial charge < -0.3 is 15.2 Å². The van der Waals surface area contributed by atoms with E-state index in [-0.39, 0.29) is 5.92 Å². The number of carbonyl (C=O) groups excluding carboxylic acids is 1. The van der Waals surface area contributed by atoms with E-state index in [0.29, 0.717) is 26.1 Å². The van der Waals surface area contributed by atoms with Gasteiger partial charge in [0.15, 0.2) is 5.60 Å². The molecule has 0 spiro atoms. The van der Waals surface area contributed by atoms with E-state index in [0.717, 1.165) is 6.42 Å². The molecule has 1 heterocycles. The van der Waals surface area contributed by atoms with Crippen molar-refractivity contribution in [1.82, 2.24) is 5.32 Å². The van der Waals surface area contributed by atoms with Crippen LogP contribution in [0, 0.1) is 5.92 Å². The minimum atomic E-state index is -1.27. The van der Waals surface area contributed by atoms with Gasteiger partial charge in [0.05, 0.1) is 6.61 Å². The normalized spacial score (nSPS) is 32.6. The molecule has 4 heteroatoms. The number of aliphatic hydroxyl groups is 1. The molecule has 14 heavy (non-hydrogen) atoms. The second-order valence-electron chi connectivity index (χ2n) is 3.70. The molecule has 2 atom stereocenters. The van der Waals surface area contributed by atoms with Crippen molar-refractivity contribution in [2.45, 2.75) is 32.3 Å². The molecule has 1 saturated heterocycles. The lowest BCUT2D eigenvalue weighted by Crippen LogP contribution is -2.55. The predicted molar refractivity (Wildman–Crippen MR) is 52.9 cm³/mol. The minimum absolute atomic E-state index is 0.0321. The zero-order chi connectivity index (χ0) is 10.6. The number of rotatable bonds is 3. The van der Waals surface area contributed by atoms with Crippen molar-refractivity contribution < 1.29 is 14.6 Å². The maximum atomic E-state index is 11.6. The van der Waals surface area contributed by atoms with Crippen LogP contribution >= 0.6 is 0 Å². The van der Waals surface area contributed by atoms with Crippen molar-refractivity contribution in [3.63, 3.8) is 0 Å². The summed E-state index contributed by atoms with van der Waals surface area (Å²) in [6, 6.07) is 0. The zero-order valence-corrected chi connectivity index (χ0v) is 8.88. The molecule has 2 N–H and O–H groups in total. The van der Waals surface area contributed by atoms with Gasteiger partial charge in [-0.1, -0.05) is 6.92 Å². The molecule has 0 aromatic carbocycles. The molecule has 1 aliphatic rings. The van der Waals surface area contributed by atoms with E-state index >= 15 is 0 Å².